The van der Waals surface area contributed by atoms with Gasteiger partial charge in [-0.3, -0.25) is 4.98 Å². The van der Waals surface area contributed by atoms with E-state index in [1.165, 1.54) is 18.2 Å². The van der Waals surface area contributed by atoms with Gasteiger partial charge in [0.1, 0.15) is 5.82 Å². The molecule has 2 aromatic carbocycles. The van der Waals surface area contributed by atoms with E-state index in [1.807, 2.05) is 36.3 Å². The third-order valence-electron chi connectivity index (χ3n) is 6.14. The van der Waals surface area contributed by atoms with Crippen LogP contribution in [0.4, 0.5) is 4.39 Å². The fraction of sp³-hybridized carbons (Fsp3) is 0.259. The van der Waals surface area contributed by atoms with Crippen LogP contribution in [0.2, 0.25) is 0 Å². The van der Waals surface area contributed by atoms with Gasteiger partial charge in [-0.25, -0.2) is 9.18 Å². The number of terminal acetylenes is 1. The van der Waals surface area contributed by atoms with E-state index in [1.54, 1.807) is 26.8 Å². The molecular formula is C27H26FNO5P+. The first-order chi connectivity index (χ1) is 16.4. The lowest BCUT2D eigenvalue weighted by Gasteiger charge is -2.34. The normalized spacial score (nSPS) is 15.1. The van der Waals surface area contributed by atoms with Gasteiger partial charge in [0.15, 0.2) is 5.60 Å². The fourth-order valence-corrected chi connectivity index (χ4v) is 5.07. The Kier molecular flexibility index (Phi) is 7.23. The lowest BCUT2D eigenvalue weighted by Crippen LogP contribution is -2.53. The summed E-state index contributed by atoms with van der Waals surface area (Å²) in [6.07, 6.45) is 5.51. The van der Waals surface area contributed by atoms with Crippen molar-refractivity contribution in [2.24, 2.45) is 0 Å². The number of aliphatic hydroxyl groups is 1. The molecule has 8 heteroatoms. The number of nitrogens with zero attached hydrogens (tertiary/aromatic N) is 1. The molecule has 0 bridgehead atoms. The summed E-state index contributed by atoms with van der Waals surface area (Å²) in [5, 5.41) is 19.0. The molecule has 0 aliphatic rings. The highest BCUT2D eigenvalue weighted by Crippen LogP contribution is 2.53. The van der Waals surface area contributed by atoms with Gasteiger partial charge in [-0.2, -0.15) is 4.89 Å². The largest absolute Gasteiger partial charge is 0.541 e. The highest BCUT2D eigenvalue weighted by atomic mass is 31.1. The highest BCUT2D eigenvalue weighted by Gasteiger charge is 2.70. The van der Waals surface area contributed by atoms with Crippen LogP contribution < -0.4 is 0 Å². The number of aromatic nitrogens is 1. The minimum atomic E-state index is -3.60. The Morgan fingerprint density at radius 1 is 1.14 bits per heavy atom. The number of hydrogen-bond donors (Lipinski definition) is 3. The van der Waals surface area contributed by atoms with E-state index in [-0.39, 0.29) is 11.5 Å². The van der Waals surface area contributed by atoms with Gasteiger partial charge in [0.2, 0.25) is 0 Å². The number of carbonyl (C=O) groups is 1. The van der Waals surface area contributed by atoms with Crippen LogP contribution in [0.5, 0.6) is 0 Å². The molecule has 1 aromatic heterocycles. The molecule has 0 spiro atoms. The van der Waals surface area contributed by atoms with E-state index in [4.69, 9.17) is 11.4 Å². The van der Waals surface area contributed by atoms with Crippen molar-refractivity contribution in [3.63, 3.8) is 0 Å². The number of halogens is 1. The van der Waals surface area contributed by atoms with E-state index in [0.29, 0.717) is 28.1 Å². The zero-order valence-electron chi connectivity index (χ0n) is 19.8. The number of carboxylic acid groups (broad SMARTS) is 1. The average molecular weight is 494 g/mol. The van der Waals surface area contributed by atoms with Crippen molar-refractivity contribution in [1.82, 2.24) is 4.98 Å². The number of aliphatic carboxylic acids is 1. The number of rotatable bonds is 7. The van der Waals surface area contributed by atoms with Crippen LogP contribution in [0.15, 0.2) is 54.6 Å². The molecule has 3 atom stereocenters. The summed E-state index contributed by atoms with van der Waals surface area (Å²) in [7, 11) is -3.60. The summed E-state index contributed by atoms with van der Waals surface area (Å²) in [5.74, 6) is -0.741. The second-order valence-corrected chi connectivity index (χ2v) is 10.0. The van der Waals surface area contributed by atoms with Crippen LogP contribution in [-0.4, -0.2) is 31.2 Å². The molecule has 0 saturated carbocycles. The molecule has 6 nitrogen and oxygen atoms in total. The fourth-order valence-electron chi connectivity index (χ4n) is 4.31. The summed E-state index contributed by atoms with van der Waals surface area (Å²) in [6, 6.07) is 14.9. The third kappa shape index (κ3) is 4.37. The molecule has 0 aliphatic heterocycles. The Hall–Kier alpha value is -3.43. The molecule has 3 aromatic rings. The zero-order valence-corrected chi connectivity index (χ0v) is 20.7. The number of carboxylic acids is 1. The van der Waals surface area contributed by atoms with E-state index in [9.17, 15) is 28.9 Å². The summed E-state index contributed by atoms with van der Waals surface area (Å²) in [5.41, 5.74) is 0.395. The summed E-state index contributed by atoms with van der Waals surface area (Å²) in [4.78, 5) is 27.2. The molecule has 0 saturated heterocycles. The van der Waals surface area contributed by atoms with Crippen LogP contribution in [0, 0.1) is 25.1 Å². The lowest BCUT2D eigenvalue weighted by atomic mass is 9.75. The average Bonchev–Trinajstić information content (AvgIpc) is 2.78. The SMILES string of the molecule is C#CC(C(=O)O)([P+](=O)O)C(C)(O)c1c(-c2ccc(F)cc2C)cc(-c2ccccc2)nc1C(C)C. The highest BCUT2D eigenvalue weighted by molar-refractivity contribution is 7.42. The number of aryl methyl sites for hydroxylation is 1. The standard InChI is InChI=1S/C27H25FNO5P/c1-6-27(25(30)31,35(33)34)26(5,32)23-21(20-13-12-19(28)14-17(20)4)15-22(29-24(23)16(2)3)18-10-8-7-9-11-18/h1,7-16,32H,2-5H3,(H-,30,31,33,34)/p+1. The Labute approximate surface area is 204 Å². The van der Waals surface area contributed by atoms with E-state index in [2.05, 4.69) is 0 Å². The van der Waals surface area contributed by atoms with Crippen LogP contribution in [0.25, 0.3) is 22.4 Å². The molecule has 180 valence electrons. The number of benzene rings is 2. The molecular weight excluding hydrogens is 468 g/mol. The van der Waals surface area contributed by atoms with Gasteiger partial charge in [-0.1, -0.05) is 50.2 Å². The van der Waals surface area contributed by atoms with Gasteiger partial charge < -0.3 is 10.2 Å². The Balaban J connectivity index is 2.56. The second kappa shape index (κ2) is 9.67. The minimum Gasteiger partial charge on any atom is -0.477 e. The van der Waals surface area contributed by atoms with Gasteiger partial charge >= 0.3 is 19.2 Å². The first-order valence-corrected chi connectivity index (χ1v) is 12.1. The monoisotopic (exact) mass is 494 g/mol. The molecule has 35 heavy (non-hydrogen) atoms. The summed E-state index contributed by atoms with van der Waals surface area (Å²) in [6.45, 7) is 6.38. The predicted molar refractivity (Wildman–Crippen MR) is 132 cm³/mol. The van der Waals surface area contributed by atoms with E-state index < -0.39 is 30.6 Å². The van der Waals surface area contributed by atoms with Crippen molar-refractivity contribution in [2.75, 3.05) is 0 Å². The first kappa shape index (κ1) is 26.2. The van der Waals surface area contributed by atoms with E-state index >= 15 is 0 Å². The molecule has 0 amide bonds. The van der Waals surface area contributed by atoms with E-state index in [0.717, 1.165) is 12.5 Å². The van der Waals surface area contributed by atoms with Gasteiger partial charge in [0.25, 0.3) is 0 Å². The maximum atomic E-state index is 14.0. The van der Waals surface area contributed by atoms with Gasteiger partial charge in [-0.15, -0.1) is 6.42 Å². The minimum absolute atomic E-state index is 0.000334. The van der Waals surface area contributed by atoms with Crippen molar-refractivity contribution in [3.05, 3.63) is 77.2 Å². The van der Waals surface area contributed by atoms with Crippen molar-refractivity contribution in [1.29, 1.82) is 0 Å². The van der Waals surface area contributed by atoms with Gasteiger partial charge in [-0.05, 0) is 65.1 Å². The number of pyridine rings is 1. The van der Waals surface area contributed by atoms with Crippen LogP contribution in [0.1, 0.15) is 43.5 Å². The maximum absolute atomic E-state index is 14.0. The second-order valence-electron chi connectivity index (χ2n) is 8.80. The molecule has 0 aliphatic carbocycles. The molecule has 3 unspecified atom stereocenters. The Morgan fingerprint density at radius 2 is 1.77 bits per heavy atom. The van der Waals surface area contributed by atoms with Crippen molar-refractivity contribution in [3.8, 4) is 34.7 Å². The Bertz CT molecular complexity index is 1330. The number of hydrogen-bond acceptors (Lipinski definition) is 4. The van der Waals surface area contributed by atoms with Crippen molar-refractivity contribution >= 4 is 14.0 Å². The predicted octanol–water partition coefficient (Wildman–Crippen LogP) is 5.39. The summed E-state index contributed by atoms with van der Waals surface area (Å²) < 4.78 is 26.4. The molecule has 0 fully saturated rings. The van der Waals surface area contributed by atoms with Crippen LogP contribution in [-0.2, 0) is 15.0 Å². The Morgan fingerprint density at radius 3 is 2.26 bits per heavy atom. The van der Waals surface area contributed by atoms with Crippen LogP contribution >= 0.6 is 8.03 Å². The zero-order chi connectivity index (χ0) is 26.1. The molecule has 0 radical (unpaired) electrons. The molecule has 3 N–H and O–H groups in total. The van der Waals surface area contributed by atoms with Crippen LogP contribution in [0.3, 0.4) is 0 Å². The third-order valence-corrected chi connectivity index (χ3v) is 7.47. The smallest absolute Gasteiger partial charge is 0.477 e. The topological polar surface area (TPSA) is 108 Å². The quantitative estimate of drug-likeness (QED) is 0.301. The molecule has 1 heterocycles. The molecule has 3 rings (SSSR count). The van der Waals surface area contributed by atoms with Crippen molar-refractivity contribution in [2.45, 2.75) is 44.4 Å². The van der Waals surface area contributed by atoms with Gasteiger partial charge in [0, 0.05) is 11.1 Å². The lowest BCUT2D eigenvalue weighted by molar-refractivity contribution is -0.145. The van der Waals surface area contributed by atoms with Gasteiger partial charge in [0.05, 0.1) is 11.4 Å². The first-order valence-electron chi connectivity index (χ1n) is 10.9. The summed E-state index contributed by atoms with van der Waals surface area (Å²) >= 11 is 0. The van der Waals surface area contributed by atoms with Crippen molar-refractivity contribution < 1.29 is 28.9 Å². The maximum Gasteiger partial charge on any atom is 0.541 e.